The van der Waals surface area contributed by atoms with E-state index in [0.29, 0.717) is 51.6 Å². The molecule has 194 valence electrons. The number of nitrogens with zero attached hydrogens (tertiary/aromatic N) is 4. The molecule has 0 atom stereocenters. The van der Waals surface area contributed by atoms with E-state index >= 15 is 0 Å². The lowest BCUT2D eigenvalue weighted by Gasteiger charge is -2.12. The summed E-state index contributed by atoms with van der Waals surface area (Å²) in [4.78, 5) is 22.6. The van der Waals surface area contributed by atoms with E-state index in [-0.39, 0.29) is 17.3 Å². The second-order valence-corrected chi connectivity index (χ2v) is 8.48. The van der Waals surface area contributed by atoms with Crippen molar-refractivity contribution in [1.29, 1.82) is 0 Å². The van der Waals surface area contributed by atoms with E-state index in [2.05, 4.69) is 17.3 Å². The number of para-hydroxylation sites is 2. The summed E-state index contributed by atoms with van der Waals surface area (Å²) in [7, 11) is 4.63. The fraction of sp³-hybridized carbons (Fsp3) is 0.333. The van der Waals surface area contributed by atoms with Gasteiger partial charge >= 0.3 is 0 Å². The number of carbonyl (C=O) groups is 1. The number of aromatic nitrogens is 3. The first-order chi connectivity index (χ1) is 18.0. The molecule has 0 saturated carbocycles. The van der Waals surface area contributed by atoms with Crippen molar-refractivity contribution in [2.75, 3.05) is 33.6 Å². The summed E-state index contributed by atoms with van der Waals surface area (Å²) in [6, 6.07) is 11.0. The summed E-state index contributed by atoms with van der Waals surface area (Å²) in [5, 5.41) is 7.54. The molecule has 37 heavy (non-hydrogen) atoms. The number of nitrogen functional groups attached to an aromatic ring is 1. The molecule has 0 fully saturated rings. The SMILES string of the molecule is CCCCCCNC(=O)c1c(N)n(N=Cc2cc(OC)c(OC)c(OC)c2)c2nc3ccccc3nc12. The Hall–Kier alpha value is -4.34. The van der Waals surface area contributed by atoms with Gasteiger partial charge in [-0.25, -0.2) is 9.97 Å². The minimum Gasteiger partial charge on any atom is -0.493 e. The number of fused-ring (bicyclic) bond motifs is 2. The summed E-state index contributed by atoms with van der Waals surface area (Å²) in [6.07, 6.45) is 5.79. The third-order valence-electron chi connectivity index (χ3n) is 6.03. The minimum atomic E-state index is -0.301. The van der Waals surface area contributed by atoms with Crippen LogP contribution < -0.4 is 25.3 Å². The van der Waals surface area contributed by atoms with Crippen LogP contribution in [-0.4, -0.2) is 54.6 Å². The summed E-state index contributed by atoms with van der Waals surface area (Å²) in [5.41, 5.74) is 9.53. The summed E-state index contributed by atoms with van der Waals surface area (Å²) < 4.78 is 17.7. The highest BCUT2D eigenvalue weighted by atomic mass is 16.5. The maximum Gasteiger partial charge on any atom is 0.257 e. The number of hydrogen-bond donors (Lipinski definition) is 2. The van der Waals surface area contributed by atoms with Gasteiger partial charge in [-0.05, 0) is 30.7 Å². The molecule has 2 heterocycles. The van der Waals surface area contributed by atoms with Crippen LogP contribution in [0.4, 0.5) is 5.82 Å². The Kier molecular flexibility index (Phi) is 8.07. The Morgan fingerprint density at radius 1 is 1.03 bits per heavy atom. The van der Waals surface area contributed by atoms with Crippen LogP contribution in [0.1, 0.15) is 48.5 Å². The number of hydrogen-bond acceptors (Lipinski definition) is 8. The average Bonchev–Trinajstić information content (AvgIpc) is 3.19. The third-order valence-corrected chi connectivity index (χ3v) is 6.03. The van der Waals surface area contributed by atoms with Crippen molar-refractivity contribution in [1.82, 2.24) is 20.0 Å². The number of anilines is 1. The molecular formula is C27H32N6O4. The summed E-state index contributed by atoms with van der Waals surface area (Å²) in [6.45, 7) is 2.70. The predicted molar refractivity (Wildman–Crippen MR) is 145 cm³/mol. The monoisotopic (exact) mass is 504 g/mol. The number of amides is 1. The van der Waals surface area contributed by atoms with E-state index in [1.54, 1.807) is 39.7 Å². The van der Waals surface area contributed by atoms with Crippen molar-refractivity contribution in [3.8, 4) is 17.2 Å². The van der Waals surface area contributed by atoms with E-state index < -0.39 is 0 Å². The van der Waals surface area contributed by atoms with Gasteiger partial charge in [-0.1, -0.05) is 38.3 Å². The standard InChI is InChI=1S/C27H32N6O4/c1-5-6-7-10-13-29-27(34)22-23-26(32-19-12-9-8-11-18(19)31-23)33(25(22)28)30-16-17-14-20(35-2)24(37-4)21(15-17)36-3/h8-9,11-12,14-16H,5-7,10,13,28H2,1-4H3,(H,29,34). The lowest BCUT2D eigenvalue weighted by atomic mass is 10.2. The summed E-state index contributed by atoms with van der Waals surface area (Å²) >= 11 is 0. The molecule has 10 heteroatoms. The Morgan fingerprint density at radius 2 is 1.70 bits per heavy atom. The fourth-order valence-electron chi connectivity index (χ4n) is 4.13. The third kappa shape index (κ3) is 5.28. The molecule has 0 saturated heterocycles. The molecule has 0 radical (unpaired) electrons. The van der Waals surface area contributed by atoms with Crippen molar-refractivity contribution in [3.63, 3.8) is 0 Å². The predicted octanol–water partition coefficient (Wildman–Crippen LogP) is 4.38. The van der Waals surface area contributed by atoms with Crippen LogP contribution in [0.3, 0.4) is 0 Å². The molecule has 0 aliphatic heterocycles. The molecule has 0 bridgehead atoms. The van der Waals surface area contributed by atoms with Gasteiger partial charge in [0.05, 0.1) is 38.6 Å². The highest BCUT2D eigenvalue weighted by Crippen LogP contribution is 2.38. The number of ether oxygens (including phenoxy) is 3. The van der Waals surface area contributed by atoms with Crippen LogP contribution in [0.15, 0.2) is 41.5 Å². The van der Waals surface area contributed by atoms with Gasteiger partial charge in [0.15, 0.2) is 17.1 Å². The highest BCUT2D eigenvalue weighted by Gasteiger charge is 2.24. The fourth-order valence-corrected chi connectivity index (χ4v) is 4.13. The number of nitrogens with two attached hydrogens (primary N) is 1. The van der Waals surface area contributed by atoms with E-state index in [1.807, 2.05) is 24.3 Å². The number of methoxy groups -OCH3 is 3. The first-order valence-corrected chi connectivity index (χ1v) is 12.2. The van der Waals surface area contributed by atoms with Crippen LogP contribution in [0, 0.1) is 0 Å². The number of unbranched alkanes of at least 4 members (excludes halogenated alkanes) is 3. The van der Waals surface area contributed by atoms with E-state index in [4.69, 9.17) is 29.9 Å². The molecule has 0 unspecified atom stereocenters. The minimum absolute atomic E-state index is 0.153. The topological polar surface area (TPSA) is 126 Å². The second kappa shape index (κ2) is 11.6. The molecule has 3 N–H and O–H groups in total. The lowest BCUT2D eigenvalue weighted by molar-refractivity contribution is 0.0955. The molecule has 0 spiro atoms. The first kappa shape index (κ1) is 25.7. The molecule has 4 rings (SSSR count). The zero-order valence-electron chi connectivity index (χ0n) is 21.6. The van der Waals surface area contributed by atoms with Gasteiger partial charge in [0.2, 0.25) is 5.75 Å². The van der Waals surface area contributed by atoms with E-state index in [1.165, 1.54) is 4.68 Å². The van der Waals surface area contributed by atoms with E-state index in [9.17, 15) is 4.79 Å². The molecule has 2 aromatic heterocycles. The maximum absolute atomic E-state index is 13.2. The Labute approximate surface area is 215 Å². The van der Waals surface area contributed by atoms with Crippen molar-refractivity contribution < 1.29 is 19.0 Å². The number of nitrogens with one attached hydrogen (secondary N) is 1. The van der Waals surface area contributed by atoms with Crippen LogP contribution in [-0.2, 0) is 0 Å². The highest BCUT2D eigenvalue weighted by molar-refractivity contribution is 6.10. The first-order valence-electron chi connectivity index (χ1n) is 12.2. The largest absolute Gasteiger partial charge is 0.493 e. The second-order valence-electron chi connectivity index (χ2n) is 8.48. The van der Waals surface area contributed by atoms with Gasteiger partial charge in [-0.3, -0.25) is 4.79 Å². The van der Waals surface area contributed by atoms with E-state index in [0.717, 1.165) is 25.7 Å². The smallest absolute Gasteiger partial charge is 0.257 e. The van der Waals surface area contributed by atoms with Crippen molar-refractivity contribution in [2.45, 2.75) is 32.6 Å². The van der Waals surface area contributed by atoms with Crippen molar-refractivity contribution >= 4 is 40.1 Å². The van der Waals surface area contributed by atoms with Gasteiger partial charge in [-0.2, -0.15) is 9.78 Å². The Bertz CT molecular complexity index is 1420. The van der Waals surface area contributed by atoms with Gasteiger partial charge in [0.25, 0.3) is 5.91 Å². The molecule has 10 nitrogen and oxygen atoms in total. The van der Waals surface area contributed by atoms with Crippen LogP contribution in [0.25, 0.3) is 22.2 Å². The number of benzene rings is 2. The Balaban J connectivity index is 1.78. The van der Waals surface area contributed by atoms with Gasteiger partial charge in [-0.15, -0.1) is 0 Å². The molecular weight excluding hydrogens is 472 g/mol. The Morgan fingerprint density at radius 3 is 2.32 bits per heavy atom. The molecule has 0 aliphatic carbocycles. The van der Waals surface area contributed by atoms with Crippen LogP contribution in [0.5, 0.6) is 17.2 Å². The molecule has 0 aliphatic rings. The zero-order valence-corrected chi connectivity index (χ0v) is 21.6. The van der Waals surface area contributed by atoms with Crippen molar-refractivity contribution in [3.05, 3.63) is 47.5 Å². The van der Waals surface area contributed by atoms with Crippen LogP contribution >= 0.6 is 0 Å². The normalized spacial score (nSPS) is 11.4. The van der Waals surface area contributed by atoms with Crippen molar-refractivity contribution in [2.24, 2.45) is 5.10 Å². The summed E-state index contributed by atoms with van der Waals surface area (Å²) in [5.74, 6) is 1.30. The average molecular weight is 505 g/mol. The zero-order chi connectivity index (χ0) is 26.4. The molecule has 2 aromatic carbocycles. The lowest BCUT2D eigenvalue weighted by Crippen LogP contribution is -2.25. The quantitative estimate of drug-likeness (QED) is 0.229. The maximum atomic E-state index is 13.2. The van der Waals surface area contributed by atoms with Gasteiger partial charge in [0.1, 0.15) is 16.9 Å². The van der Waals surface area contributed by atoms with Crippen LogP contribution in [0.2, 0.25) is 0 Å². The van der Waals surface area contributed by atoms with Gasteiger partial charge < -0.3 is 25.3 Å². The molecule has 1 amide bonds. The van der Waals surface area contributed by atoms with Gasteiger partial charge in [0, 0.05) is 12.1 Å². The molecule has 4 aromatic rings. The number of carbonyl (C=O) groups excluding carboxylic acids is 1. The number of rotatable bonds is 11.